The van der Waals surface area contributed by atoms with Gasteiger partial charge in [0.15, 0.2) is 0 Å². The molecule has 0 amide bonds. The Balaban J connectivity index is 0.00000211. The second-order valence-corrected chi connectivity index (χ2v) is 4.16. The molecule has 1 aromatic rings. The SMILES string of the molecule is C=C.CC(C)=CC(/C=N/OC(=N)c1ccccn1)=C\CC#N. The molecule has 0 aliphatic rings. The summed E-state index contributed by atoms with van der Waals surface area (Å²) < 4.78 is 0. The minimum absolute atomic E-state index is 0.126. The fraction of sp³-hybridized carbons (Fsp3) is 0.176. The second-order valence-electron chi connectivity index (χ2n) is 4.16. The molecule has 5 heteroatoms. The van der Waals surface area contributed by atoms with Gasteiger partial charge in [-0.05, 0) is 31.6 Å². The van der Waals surface area contributed by atoms with Crippen molar-refractivity contribution in [2.45, 2.75) is 20.3 Å². The summed E-state index contributed by atoms with van der Waals surface area (Å²) in [5, 5.41) is 20.0. The standard InChI is InChI=1S/C15H16N4O.C2H4/c1-12(2)10-13(6-5-8-16)11-19-20-15(17)14-7-3-4-9-18-14;1-2/h3-4,6-7,9-11,17H,5H2,1-2H3;1-2H2/b13-6+,17-15?,19-11+;. The Kier molecular flexibility index (Phi) is 10.2. The number of nitrogens with one attached hydrogen (secondary N) is 1. The Hall–Kier alpha value is -3.00. The number of allylic oxidation sites excluding steroid dienone is 4. The van der Waals surface area contributed by atoms with Crippen LogP contribution in [0.15, 0.2) is 66.0 Å². The van der Waals surface area contributed by atoms with Gasteiger partial charge in [-0.25, -0.2) is 0 Å². The summed E-state index contributed by atoms with van der Waals surface area (Å²) >= 11 is 0. The van der Waals surface area contributed by atoms with Crippen LogP contribution in [0, 0.1) is 16.7 Å². The van der Waals surface area contributed by atoms with Gasteiger partial charge in [-0.3, -0.25) is 10.4 Å². The van der Waals surface area contributed by atoms with Gasteiger partial charge >= 0.3 is 0 Å². The van der Waals surface area contributed by atoms with E-state index in [4.69, 9.17) is 15.5 Å². The van der Waals surface area contributed by atoms with E-state index < -0.39 is 0 Å². The normalized spacial score (nSPS) is 10.1. The zero-order valence-corrected chi connectivity index (χ0v) is 12.9. The topological polar surface area (TPSA) is 82.1 Å². The number of nitrogens with zero attached hydrogens (tertiary/aromatic N) is 3. The van der Waals surface area contributed by atoms with Crippen LogP contribution in [0.5, 0.6) is 0 Å². The highest BCUT2D eigenvalue weighted by atomic mass is 16.6. The van der Waals surface area contributed by atoms with Gasteiger partial charge in [0.05, 0.1) is 18.7 Å². The maximum Gasteiger partial charge on any atom is 0.267 e. The van der Waals surface area contributed by atoms with Gasteiger partial charge < -0.3 is 4.84 Å². The second kappa shape index (κ2) is 11.8. The molecule has 1 aromatic heterocycles. The van der Waals surface area contributed by atoms with Crippen LogP contribution in [-0.2, 0) is 4.84 Å². The molecule has 0 spiro atoms. The van der Waals surface area contributed by atoms with Gasteiger partial charge in [0, 0.05) is 6.20 Å². The lowest BCUT2D eigenvalue weighted by Gasteiger charge is -1.99. The Labute approximate surface area is 131 Å². The number of rotatable bonds is 5. The summed E-state index contributed by atoms with van der Waals surface area (Å²) in [6.45, 7) is 9.90. The van der Waals surface area contributed by atoms with E-state index in [1.54, 1.807) is 30.5 Å². The molecule has 0 aliphatic carbocycles. The van der Waals surface area contributed by atoms with Crippen LogP contribution in [0.1, 0.15) is 26.0 Å². The number of aromatic nitrogens is 1. The summed E-state index contributed by atoms with van der Waals surface area (Å²) in [4.78, 5) is 8.94. The first-order valence-electron chi connectivity index (χ1n) is 6.56. The van der Waals surface area contributed by atoms with Crippen LogP contribution in [0.25, 0.3) is 0 Å². The molecule has 0 aliphatic heterocycles. The molecule has 114 valence electrons. The number of hydrogen-bond acceptors (Lipinski definition) is 5. The van der Waals surface area contributed by atoms with Gasteiger partial charge in [-0.2, -0.15) is 5.26 Å². The van der Waals surface area contributed by atoms with Crippen LogP contribution in [-0.4, -0.2) is 17.1 Å². The van der Waals surface area contributed by atoms with Crippen LogP contribution < -0.4 is 0 Å². The first-order chi connectivity index (χ1) is 10.6. The first kappa shape index (κ1) is 19.0. The molecule has 0 unspecified atom stereocenters. The summed E-state index contributed by atoms with van der Waals surface area (Å²) in [5.41, 5.74) is 2.26. The van der Waals surface area contributed by atoms with E-state index in [0.29, 0.717) is 12.1 Å². The van der Waals surface area contributed by atoms with Crippen LogP contribution in [0.2, 0.25) is 0 Å². The smallest absolute Gasteiger partial charge is 0.267 e. The number of nitriles is 1. The molecular formula is C17H20N4O. The van der Waals surface area contributed by atoms with E-state index in [1.165, 1.54) is 6.21 Å². The third-order valence-electron chi connectivity index (χ3n) is 2.13. The minimum atomic E-state index is -0.126. The molecule has 0 radical (unpaired) electrons. The van der Waals surface area contributed by atoms with Crippen molar-refractivity contribution in [2.75, 3.05) is 0 Å². The number of oxime groups is 1. The third-order valence-corrected chi connectivity index (χ3v) is 2.13. The van der Waals surface area contributed by atoms with E-state index in [1.807, 2.05) is 26.0 Å². The maximum atomic E-state index is 8.58. The lowest BCUT2D eigenvalue weighted by molar-refractivity contribution is 0.327. The Morgan fingerprint density at radius 2 is 2.18 bits per heavy atom. The zero-order chi connectivity index (χ0) is 16.8. The van der Waals surface area contributed by atoms with Crippen molar-refractivity contribution in [2.24, 2.45) is 5.16 Å². The Bertz CT molecular complexity index is 591. The summed E-state index contributed by atoms with van der Waals surface area (Å²) in [6, 6.07) is 7.23. The van der Waals surface area contributed by atoms with Gasteiger partial charge in [-0.15, -0.1) is 13.2 Å². The van der Waals surface area contributed by atoms with Gasteiger partial charge in [0.2, 0.25) is 0 Å². The molecule has 0 bridgehead atoms. The Morgan fingerprint density at radius 1 is 1.45 bits per heavy atom. The predicted molar refractivity (Wildman–Crippen MR) is 89.6 cm³/mol. The molecule has 0 atom stereocenters. The van der Waals surface area contributed by atoms with Crippen molar-refractivity contribution in [3.8, 4) is 6.07 Å². The van der Waals surface area contributed by atoms with E-state index in [0.717, 1.165) is 11.1 Å². The van der Waals surface area contributed by atoms with Gasteiger partial charge in [0.1, 0.15) is 5.69 Å². The van der Waals surface area contributed by atoms with E-state index in [9.17, 15) is 0 Å². The van der Waals surface area contributed by atoms with Crippen LogP contribution in [0.4, 0.5) is 0 Å². The van der Waals surface area contributed by atoms with E-state index in [2.05, 4.69) is 23.3 Å². The zero-order valence-electron chi connectivity index (χ0n) is 12.9. The maximum absolute atomic E-state index is 8.58. The monoisotopic (exact) mass is 296 g/mol. The highest BCUT2D eigenvalue weighted by molar-refractivity contribution is 5.90. The summed E-state index contributed by atoms with van der Waals surface area (Å²) in [7, 11) is 0. The third kappa shape index (κ3) is 8.23. The molecule has 1 N–H and O–H groups in total. The summed E-state index contributed by atoms with van der Waals surface area (Å²) in [6.07, 6.45) is 6.97. The highest BCUT2D eigenvalue weighted by Gasteiger charge is 2.01. The van der Waals surface area contributed by atoms with Crippen molar-refractivity contribution in [1.82, 2.24) is 4.98 Å². The average Bonchev–Trinajstić information content (AvgIpc) is 2.54. The van der Waals surface area contributed by atoms with Crippen molar-refractivity contribution in [1.29, 1.82) is 10.7 Å². The van der Waals surface area contributed by atoms with Gasteiger partial charge in [-0.1, -0.05) is 28.9 Å². The fourth-order valence-corrected chi connectivity index (χ4v) is 1.33. The van der Waals surface area contributed by atoms with E-state index in [-0.39, 0.29) is 5.90 Å². The average molecular weight is 296 g/mol. The molecule has 0 aromatic carbocycles. The Morgan fingerprint density at radius 3 is 2.73 bits per heavy atom. The fourth-order valence-electron chi connectivity index (χ4n) is 1.33. The first-order valence-corrected chi connectivity index (χ1v) is 6.56. The number of hydrogen-bond donors (Lipinski definition) is 1. The largest absolute Gasteiger partial charge is 0.335 e. The molecule has 5 nitrogen and oxygen atoms in total. The minimum Gasteiger partial charge on any atom is -0.335 e. The van der Waals surface area contributed by atoms with Crippen molar-refractivity contribution < 1.29 is 4.84 Å². The number of pyridine rings is 1. The molecule has 22 heavy (non-hydrogen) atoms. The quantitative estimate of drug-likeness (QED) is 0.293. The lowest BCUT2D eigenvalue weighted by Crippen LogP contribution is -2.03. The predicted octanol–water partition coefficient (Wildman–Crippen LogP) is 4.02. The molecule has 1 heterocycles. The molecule has 0 fully saturated rings. The molecule has 1 rings (SSSR count). The molecule has 0 saturated carbocycles. The molecular weight excluding hydrogens is 276 g/mol. The van der Waals surface area contributed by atoms with E-state index >= 15 is 0 Å². The van der Waals surface area contributed by atoms with Gasteiger partial charge in [0.25, 0.3) is 5.90 Å². The van der Waals surface area contributed by atoms with Crippen molar-refractivity contribution >= 4 is 12.1 Å². The molecule has 0 saturated heterocycles. The van der Waals surface area contributed by atoms with Crippen LogP contribution in [0.3, 0.4) is 0 Å². The lowest BCUT2D eigenvalue weighted by atomic mass is 10.2. The van der Waals surface area contributed by atoms with Crippen molar-refractivity contribution in [3.63, 3.8) is 0 Å². The van der Waals surface area contributed by atoms with Crippen molar-refractivity contribution in [3.05, 3.63) is 66.5 Å². The van der Waals surface area contributed by atoms with Crippen LogP contribution >= 0.6 is 0 Å². The summed E-state index contributed by atoms with van der Waals surface area (Å²) in [5.74, 6) is -0.126. The highest BCUT2D eigenvalue weighted by Crippen LogP contribution is 2.02.